The number of piperidine rings is 1. The van der Waals surface area contributed by atoms with Crippen LogP contribution in [0.4, 0.5) is 0 Å². The quantitative estimate of drug-likeness (QED) is 0.830. The fourth-order valence-electron chi connectivity index (χ4n) is 4.01. The van der Waals surface area contributed by atoms with Crippen molar-refractivity contribution < 1.29 is 19.8 Å². The van der Waals surface area contributed by atoms with Crippen LogP contribution < -0.4 is 0 Å². The van der Waals surface area contributed by atoms with Gasteiger partial charge in [0.05, 0.1) is 0 Å². The third-order valence-corrected chi connectivity index (χ3v) is 5.14. The predicted molar refractivity (Wildman–Crippen MR) is 98.4 cm³/mol. The van der Waals surface area contributed by atoms with Crippen molar-refractivity contribution in [2.75, 3.05) is 19.6 Å². The summed E-state index contributed by atoms with van der Waals surface area (Å²) >= 11 is 0. The number of likely N-dealkylation sites (tertiary alicyclic amines) is 1. The molecule has 2 N–H and O–H groups in total. The van der Waals surface area contributed by atoms with Gasteiger partial charge in [0.25, 0.3) is 0 Å². The Hall–Kier alpha value is -2.66. The van der Waals surface area contributed by atoms with Gasteiger partial charge in [0.15, 0.2) is 0 Å². The molecule has 1 aliphatic heterocycles. The molecular weight excluding hydrogens is 330 g/mol. The molecule has 26 heavy (non-hydrogen) atoms. The van der Waals surface area contributed by atoms with Gasteiger partial charge in [0.2, 0.25) is 0 Å². The SMILES string of the molecule is O=C(O)C(=O)O.c1ccc(CCN2CC3CC(C2)c2ccccc23)cc1. The van der Waals surface area contributed by atoms with Crippen LogP contribution in [-0.4, -0.2) is 46.7 Å². The highest BCUT2D eigenvalue weighted by Gasteiger charge is 2.36. The summed E-state index contributed by atoms with van der Waals surface area (Å²) in [5.74, 6) is -2.09. The average molecular weight is 353 g/mol. The summed E-state index contributed by atoms with van der Waals surface area (Å²) in [6.45, 7) is 3.70. The van der Waals surface area contributed by atoms with Crippen LogP contribution in [-0.2, 0) is 16.0 Å². The molecule has 2 aliphatic rings. The molecule has 0 saturated carbocycles. The van der Waals surface area contributed by atoms with Gasteiger partial charge in [-0.15, -0.1) is 0 Å². The number of carbonyl (C=O) groups is 2. The van der Waals surface area contributed by atoms with Crippen LogP contribution in [0.3, 0.4) is 0 Å². The van der Waals surface area contributed by atoms with Gasteiger partial charge in [-0.2, -0.15) is 0 Å². The van der Waals surface area contributed by atoms with E-state index in [1.807, 2.05) is 0 Å². The van der Waals surface area contributed by atoms with Crippen LogP contribution in [0.15, 0.2) is 54.6 Å². The van der Waals surface area contributed by atoms with Crippen molar-refractivity contribution in [1.29, 1.82) is 0 Å². The maximum Gasteiger partial charge on any atom is 0.414 e. The van der Waals surface area contributed by atoms with Crippen molar-refractivity contribution >= 4 is 11.9 Å². The second kappa shape index (κ2) is 8.15. The van der Waals surface area contributed by atoms with Gasteiger partial charge in [-0.1, -0.05) is 54.6 Å². The topological polar surface area (TPSA) is 77.8 Å². The first kappa shape index (κ1) is 18.1. The van der Waals surface area contributed by atoms with Crippen LogP contribution in [0.2, 0.25) is 0 Å². The van der Waals surface area contributed by atoms with Crippen molar-refractivity contribution in [1.82, 2.24) is 4.90 Å². The van der Waals surface area contributed by atoms with Gasteiger partial charge in [-0.25, -0.2) is 9.59 Å². The fourth-order valence-corrected chi connectivity index (χ4v) is 4.01. The highest BCUT2D eigenvalue weighted by molar-refractivity contribution is 6.27. The number of fused-ring (bicyclic) bond motifs is 5. The Morgan fingerprint density at radius 2 is 1.35 bits per heavy atom. The van der Waals surface area contributed by atoms with E-state index < -0.39 is 11.9 Å². The van der Waals surface area contributed by atoms with E-state index in [2.05, 4.69) is 59.5 Å². The highest BCUT2D eigenvalue weighted by atomic mass is 16.4. The number of nitrogens with zero attached hydrogens (tertiary/aromatic N) is 1. The predicted octanol–water partition coefficient (Wildman–Crippen LogP) is 2.97. The van der Waals surface area contributed by atoms with Gasteiger partial charge in [-0.3, -0.25) is 0 Å². The molecule has 5 heteroatoms. The number of hydrogen-bond donors (Lipinski definition) is 2. The molecule has 4 rings (SSSR count). The summed E-state index contributed by atoms with van der Waals surface area (Å²) < 4.78 is 0. The molecule has 1 aliphatic carbocycles. The Bertz CT molecular complexity index is 732. The largest absolute Gasteiger partial charge is 0.473 e. The maximum absolute atomic E-state index is 9.10. The Morgan fingerprint density at radius 3 is 1.85 bits per heavy atom. The van der Waals surface area contributed by atoms with Crippen molar-refractivity contribution in [3.63, 3.8) is 0 Å². The van der Waals surface area contributed by atoms with Gasteiger partial charge in [0.1, 0.15) is 0 Å². The van der Waals surface area contributed by atoms with Gasteiger partial charge in [0, 0.05) is 19.6 Å². The Balaban J connectivity index is 0.000000286. The monoisotopic (exact) mass is 353 g/mol. The van der Waals surface area contributed by atoms with E-state index in [-0.39, 0.29) is 0 Å². The van der Waals surface area contributed by atoms with E-state index in [0.717, 1.165) is 11.8 Å². The lowest BCUT2D eigenvalue weighted by Crippen LogP contribution is -2.36. The smallest absolute Gasteiger partial charge is 0.414 e. The molecule has 2 atom stereocenters. The van der Waals surface area contributed by atoms with Crippen molar-refractivity contribution in [2.24, 2.45) is 0 Å². The lowest BCUT2D eigenvalue weighted by atomic mass is 9.95. The zero-order valence-corrected chi connectivity index (χ0v) is 14.5. The molecular formula is C21H23NO4. The van der Waals surface area contributed by atoms with E-state index in [1.165, 1.54) is 38.0 Å². The maximum atomic E-state index is 9.10. The molecule has 0 radical (unpaired) electrons. The molecule has 0 spiro atoms. The number of hydrogen-bond acceptors (Lipinski definition) is 3. The molecule has 0 aromatic heterocycles. The minimum atomic E-state index is -1.82. The number of carboxylic acid groups (broad SMARTS) is 2. The molecule has 2 aromatic carbocycles. The van der Waals surface area contributed by atoms with Gasteiger partial charge < -0.3 is 15.1 Å². The van der Waals surface area contributed by atoms with Crippen molar-refractivity contribution in [3.05, 3.63) is 71.3 Å². The standard InChI is InChI=1S/C19H21N.C2H2O4/c1-2-6-15(7-3-1)10-11-20-13-16-12-17(14-20)19-9-5-4-8-18(16)19;3-1(4)2(5)6/h1-9,16-17H,10-14H2;(H,3,4)(H,5,6). The number of benzene rings is 2. The van der Waals surface area contributed by atoms with Crippen LogP contribution in [0.5, 0.6) is 0 Å². The first-order chi connectivity index (χ1) is 12.5. The van der Waals surface area contributed by atoms with E-state index in [0.29, 0.717) is 0 Å². The van der Waals surface area contributed by atoms with Crippen molar-refractivity contribution in [3.8, 4) is 0 Å². The second-order valence-corrected chi connectivity index (χ2v) is 6.86. The van der Waals surface area contributed by atoms with Crippen LogP contribution in [0, 0.1) is 0 Å². The lowest BCUT2D eigenvalue weighted by Gasteiger charge is -2.32. The third-order valence-electron chi connectivity index (χ3n) is 5.14. The zero-order chi connectivity index (χ0) is 18.5. The van der Waals surface area contributed by atoms with E-state index in [9.17, 15) is 0 Å². The van der Waals surface area contributed by atoms with Crippen molar-refractivity contribution in [2.45, 2.75) is 24.7 Å². The fraction of sp³-hybridized carbons (Fsp3) is 0.333. The minimum absolute atomic E-state index is 0.778. The number of rotatable bonds is 3. The number of aliphatic carboxylic acids is 2. The van der Waals surface area contributed by atoms with Gasteiger partial charge >= 0.3 is 11.9 Å². The first-order valence-corrected chi connectivity index (χ1v) is 8.86. The summed E-state index contributed by atoms with van der Waals surface area (Å²) in [5.41, 5.74) is 4.71. The normalized spacial score (nSPS) is 20.6. The summed E-state index contributed by atoms with van der Waals surface area (Å²) in [4.78, 5) is 20.9. The number of carboxylic acids is 2. The van der Waals surface area contributed by atoms with Crippen LogP contribution >= 0.6 is 0 Å². The summed E-state index contributed by atoms with van der Waals surface area (Å²) in [7, 11) is 0. The summed E-state index contributed by atoms with van der Waals surface area (Å²) in [6.07, 6.45) is 2.55. The Morgan fingerprint density at radius 1 is 0.846 bits per heavy atom. The summed E-state index contributed by atoms with van der Waals surface area (Å²) in [5, 5.41) is 14.8. The third kappa shape index (κ3) is 4.29. The second-order valence-electron chi connectivity index (χ2n) is 6.86. The molecule has 1 fully saturated rings. The lowest BCUT2D eigenvalue weighted by molar-refractivity contribution is -0.159. The molecule has 2 unspecified atom stereocenters. The average Bonchev–Trinajstić information content (AvgIpc) is 2.92. The van der Waals surface area contributed by atoms with Crippen LogP contribution in [0.25, 0.3) is 0 Å². The Labute approximate surface area is 152 Å². The molecule has 5 nitrogen and oxygen atoms in total. The molecule has 0 amide bonds. The van der Waals surface area contributed by atoms with E-state index in [4.69, 9.17) is 19.8 Å². The molecule has 1 heterocycles. The van der Waals surface area contributed by atoms with E-state index in [1.54, 1.807) is 11.1 Å². The Kier molecular flexibility index (Phi) is 5.68. The zero-order valence-electron chi connectivity index (χ0n) is 14.5. The summed E-state index contributed by atoms with van der Waals surface area (Å²) in [6, 6.07) is 20.0. The minimum Gasteiger partial charge on any atom is -0.473 e. The van der Waals surface area contributed by atoms with Crippen LogP contribution in [0.1, 0.15) is 34.9 Å². The van der Waals surface area contributed by atoms with Gasteiger partial charge in [-0.05, 0) is 41.4 Å². The first-order valence-electron chi connectivity index (χ1n) is 8.86. The molecule has 1 saturated heterocycles. The molecule has 2 aromatic rings. The molecule has 2 bridgehead atoms. The molecule has 136 valence electrons. The highest BCUT2D eigenvalue weighted by Crippen LogP contribution is 2.45. The van der Waals surface area contributed by atoms with E-state index >= 15 is 0 Å².